The molecular formula is C16H25N5O2. The molecule has 23 heavy (non-hydrogen) atoms. The van der Waals surface area contributed by atoms with Gasteiger partial charge in [0.1, 0.15) is 5.82 Å². The number of aryl methyl sites for hydroxylation is 1. The highest BCUT2D eigenvalue weighted by molar-refractivity contribution is 5.86. The van der Waals surface area contributed by atoms with E-state index in [1.54, 1.807) is 11.1 Å². The van der Waals surface area contributed by atoms with Gasteiger partial charge in [0.05, 0.1) is 12.6 Å². The van der Waals surface area contributed by atoms with Gasteiger partial charge in [-0.1, -0.05) is 6.92 Å². The topological polar surface area (TPSA) is 61.7 Å². The Hall–Kier alpha value is -1.89. The summed E-state index contributed by atoms with van der Waals surface area (Å²) in [7, 11) is 1.99. The number of aromatic nitrogens is 2. The van der Waals surface area contributed by atoms with Crippen LogP contribution in [-0.4, -0.2) is 75.3 Å². The number of rotatable bonds is 4. The van der Waals surface area contributed by atoms with Crippen molar-refractivity contribution in [3.63, 3.8) is 0 Å². The highest BCUT2D eigenvalue weighted by Gasteiger charge is 2.33. The van der Waals surface area contributed by atoms with Crippen LogP contribution in [0.2, 0.25) is 0 Å². The van der Waals surface area contributed by atoms with Gasteiger partial charge in [-0.25, -0.2) is 4.98 Å². The fourth-order valence-corrected chi connectivity index (χ4v) is 3.50. The molecule has 2 saturated heterocycles. The number of piperazine rings is 1. The number of likely N-dealkylation sites (N-methyl/N-ethyl adjacent to an activating group) is 1. The molecule has 7 heteroatoms. The van der Waals surface area contributed by atoms with E-state index < -0.39 is 0 Å². The van der Waals surface area contributed by atoms with Crippen LogP contribution in [0.4, 0.5) is 0 Å². The Labute approximate surface area is 136 Å². The number of imidazole rings is 1. The molecule has 2 fully saturated rings. The van der Waals surface area contributed by atoms with Crippen molar-refractivity contribution >= 4 is 11.8 Å². The molecule has 1 aromatic rings. The van der Waals surface area contributed by atoms with E-state index in [-0.39, 0.29) is 24.4 Å². The molecule has 0 spiro atoms. The van der Waals surface area contributed by atoms with Gasteiger partial charge in [0, 0.05) is 52.0 Å². The largest absolute Gasteiger partial charge is 0.338 e. The molecule has 7 nitrogen and oxygen atoms in total. The lowest BCUT2D eigenvalue weighted by molar-refractivity contribution is -0.140. The van der Waals surface area contributed by atoms with Crippen LogP contribution < -0.4 is 0 Å². The summed E-state index contributed by atoms with van der Waals surface area (Å²) in [5.74, 6) is 1.14. The molecule has 1 atom stereocenters. The molecule has 3 heterocycles. The lowest BCUT2D eigenvalue weighted by Gasteiger charge is -2.41. The van der Waals surface area contributed by atoms with Gasteiger partial charge in [-0.05, 0) is 13.0 Å². The fraction of sp³-hybridized carbons (Fsp3) is 0.688. The summed E-state index contributed by atoms with van der Waals surface area (Å²) in [5.41, 5.74) is 0. The van der Waals surface area contributed by atoms with Crippen LogP contribution >= 0.6 is 0 Å². The third-order valence-corrected chi connectivity index (χ3v) is 4.90. The molecule has 0 radical (unpaired) electrons. The van der Waals surface area contributed by atoms with Crippen molar-refractivity contribution in [1.82, 2.24) is 24.3 Å². The Morgan fingerprint density at radius 2 is 2.17 bits per heavy atom. The highest BCUT2D eigenvalue weighted by Crippen LogP contribution is 2.24. The van der Waals surface area contributed by atoms with Gasteiger partial charge >= 0.3 is 0 Å². The minimum Gasteiger partial charge on any atom is -0.338 e. The number of hydrogen-bond acceptors (Lipinski definition) is 4. The van der Waals surface area contributed by atoms with Crippen LogP contribution in [0, 0.1) is 0 Å². The minimum absolute atomic E-state index is 0.0511. The molecule has 2 aliphatic heterocycles. The minimum atomic E-state index is 0.0511. The summed E-state index contributed by atoms with van der Waals surface area (Å²) in [5, 5.41) is 0. The maximum absolute atomic E-state index is 12.6. The first-order valence-corrected chi connectivity index (χ1v) is 8.37. The average molecular weight is 319 g/mol. The van der Waals surface area contributed by atoms with E-state index in [0.717, 1.165) is 31.9 Å². The summed E-state index contributed by atoms with van der Waals surface area (Å²) in [6.07, 6.45) is 5.18. The fourth-order valence-electron chi connectivity index (χ4n) is 3.50. The highest BCUT2D eigenvalue weighted by atomic mass is 16.2. The molecular weight excluding hydrogens is 294 g/mol. The Balaban J connectivity index is 1.68. The average Bonchev–Trinajstić information content (AvgIpc) is 3.15. The Morgan fingerprint density at radius 1 is 1.35 bits per heavy atom. The molecule has 0 bridgehead atoms. The SMILES string of the molecule is CCN1CCN(C(=O)CN2CCCC2=O)CC1c1nccn1C. The van der Waals surface area contributed by atoms with Gasteiger partial charge < -0.3 is 14.4 Å². The molecule has 3 rings (SSSR count). The van der Waals surface area contributed by atoms with E-state index in [2.05, 4.69) is 16.8 Å². The molecule has 0 N–H and O–H groups in total. The van der Waals surface area contributed by atoms with E-state index in [0.29, 0.717) is 19.5 Å². The summed E-state index contributed by atoms with van der Waals surface area (Å²) >= 11 is 0. The first-order valence-electron chi connectivity index (χ1n) is 8.37. The molecule has 2 aliphatic rings. The molecule has 0 aliphatic carbocycles. The van der Waals surface area contributed by atoms with Crippen molar-refractivity contribution in [2.75, 3.05) is 39.3 Å². The Morgan fingerprint density at radius 3 is 2.78 bits per heavy atom. The smallest absolute Gasteiger partial charge is 0.242 e. The number of amides is 2. The third kappa shape index (κ3) is 3.24. The van der Waals surface area contributed by atoms with E-state index in [1.807, 2.05) is 22.7 Å². The van der Waals surface area contributed by atoms with Crippen LogP contribution in [0.5, 0.6) is 0 Å². The zero-order chi connectivity index (χ0) is 16.4. The second-order valence-electron chi connectivity index (χ2n) is 6.30. The van der Waals surface area contributed by atoms with Gasteiger partial charge in [0.25, 0.3) is 0 Å². The predicted molar refractivity (Wildman–Crippen MR) is 85.6 cm³/mol. The number of carbonyl (C=O) groups excluding carboxylic acids is 2. The maximum atomic E-state index is 12.6. The molecule has 1 aromatic heterocycles. The zero-order valence-electron chi connectivity index (χ0n) is 13.9. The van der Waals surface area contributed by atoms with Crippen molar-refractivity contribution in [2.24, 2.45) is 7.05 Å². The first kappa shape index (κ1) is 16.0. The van der Waals surface area contributed by atoms with E-state index in [1.165, 1.54) is 0 Å². The van der Waals surface area contributed by atoms with Crippen molar-refractivity contribution < 1.29 is 9.59 Å². The van der Waals surface area contributed by atoms with Crippen molar-refractivity contribution in [1.29, 1.82) is 0 Å². The predicted octanol–water partition coefficient (Wildman–Crippen LogP) is 0.248. The van der Waals surface area contributed by atoms with Crippen molar-refractivity contribution in [3.05, 3.63) is 18.2 Å². The van der Waals surface area contributed by atoms with E-state index >= 15 is 0 Å². The van der Waals surface area contributed by atoms with E-state index in [4.69, 9.17) is 0 Å². The van der Waals surface area contributed by atoms with Gasteiger partial charge in [-0.15, -0.1) is 0 Å². The van der Waals surface area contributed by atoms with E-state index in [9.17, 15) is 9.59 Å². The Bertz CT molecular complexity index is 585. The number of hydrogen-bond donors (Lipinski definition) is 0. The summed E-state index contributed by atoms with van der Waals surface area (Å²) in [4.78, 5) is 34.7. The monoisotopic (exact) mass is 319 g/mol. The lowest BCUT2D eigenvalue weighted by atomic mass is 10.1. The molecule has 1 unspecified atom stereocenters. The first-order chi connectivity index (χ1) is 11.1. The van der Waals surface area contributed by atoms with Crippen LogP contribution in [-0.2, 0) is 16.6 Å². The van der Waals surface area contributed by atoms with Crippen LogP contribution in [0.1, 0.15) is 31.6 Å². The lowest BCUT2D eigenvalue weighted by Crippen LogP contribution is -2.53. The Kier molecular flexibility index (Phi) is 4.66. The van der Waals surface area contributed by atoms with Crippen LogP contribution in [0.25, 0.3) is 0 Å². The van der Waals surface area contributed by atoms with Crippen molar-refractivity contribution in [2.45, 2.75) is 25.8 Å². The molecule has 2 amide bonds. The normalized spacial score (nSPS) is 22.9. The molecule has 126 valence electrons. The standard InChI is InChI=1S/C16H25N5O2/c1-3-19-9-10-21(11-13(19)16-17-6-8-18(16)2)15(23)12-20-7-4-5-14(20)22/h6,8,13H,3-5,7,9-12H2,1-2H3. The summed E-state index contributed by atoms with van der Waals surface area (Å²) in [6.45, 7) is 6.20. The molecule has 0 aromatic carbocycles. The second-order valence-corrected chi connectivity index (χ2v) is 6.30. The summed E-state index contributed by atoms with van der Waals surface area (Å²) in [6, 6.07) is 0.118. The maximum Gasteiger partial charge on any atom is 0.242 e. The number of nitrogens with zero attached hydrogens (tertiary/aromatic N) is 5. The van der Waals surface area contributed by atoms with Crippen LogP contribution in [0.3, 0.4) is 0 Å². The summed E-state index contributed by atoms with van der Waals surface area (Å²) < 4.78 is 2.02. The number of likely N-dealkylation sites (tertiary alicyclic amines) is 1. The van der Waals surface area contributed by atoms with Gasteiger partial charge in [-0.2, -0.15) is 0 Å². The second kappa shape index (κ2) is 6.70. The van der Waals surface area contributed by atoms with Crippen molar-refractivity contribution in [3.8, 4) is 0 Å². The van der Waals surface area contributed by atoms with Gasteiger partial charge in [-0.3, -0.25) is 14.5 Å². The third-order valence-electron chi connectivity index (χ3n) is 4.90. The van der Waals surface area contributed by atoms with Gasteiger partial charge in [0.15, 0.2) is 0 Å². The quantitative estimate of drug-likeness (QED) is 0.798. The van der Waals surface area contributed by atoms with Gasteiger partial charge in [0.2, 0.25) is 11.8 Å². The zero-order valence-corrected chi connectivity index (χ0v) is 13.9. The molecule has 0 saturated carbocycles. The number of carbonyl (C=O) groups is 2. The van der Waals surface area contributed by atoms with Crippen LogP contribution in [0.15, 0.2) is 12.4 Å².